The first kappa shape index (κ1) is 16.1. The number of aryl methyl sites for hydroxylation is 2. The van der Waals surface area contributed by atoms with Gasteiger partial charge in [-0.15, -0.1) is 0 Å². The number of anilines is 1. The van der Waals surface area contributed by atoms with Gasteiger partial charge in [-0.05, 0) is 56.5 Å². The van der Waals surface area contributed by atoms with Gasteiger partial charge in [0, 0.05) is 5.69 Å². The second-order valence-electron chi connectivity index (χ2n) is 5.57. The maximum Gasteiger partial charge on any atom is 0.265 e. The molecule has 0 saturated carbocycles. The maximum absolute atomic E-state index is 12.4. The summed E-state index contributed by atoms with van der Waals surface area (Å²) in [6, 6.07) is 13.6. The van der Waals surface area contributed by atoms with Crippen LogP contribution in [0.4, 0.5) is 5.69 Å². The molecule has 0 spiro atoms. The molecule has 1 atom stereocenters. The molecule has 0 bridgehead atoms. The van der Waals surface area contributed by atoms with Gasteiger partial charge in [0.2, 0.25) is 0 Å². The Bertz CT molecular complexity index is 647. The minimum atomic E-state index is -0.498. The van der Waals surface area contributed by atoms with Gasteiger partial charge < -0.3 is 10.1 Å². The summed E-state index contributed by atoms with van der Waals surface area (Å²) in [5.41, 5.74) is 4.19. The third kappa shape index (κ3) is 3.88. The SMILES string of the molecule is CC[C@H](Oc1cccc(C)c1C)C(=O)Nc1ccc(C)cc1. The Kier molecular flexibility index (Phi) is 5.21. The molecule has 0 radical (unpaired) electrons. The van der Waals surface area contributed by atoms with E-state index in [1.165, 1.54) is 0 Å². The van der Waals surface area contributed by atoms with Gasteiger partial charge in [-0.25, -0.2) is 0 Å². The highest BCUT2D eigenvalue weighted by Crippen LogP contribution is 2.23. The predicted octanol–water partition coefficient (Wildman–Crippen LogP) is 4.41. The Hall–Kier alpha value is -2.29. The van der Waals surface area contributed by atoms with Crippen molar-refractivity contribution >= 4 is 11.6 Å². The summed E-state index contributed by atoms with van der Waals surface area (Å²) in [5.74, 6) is 0.651. The zero-order valence-electron chi connectivity index (χ0n) is 13.6. The van der Waals surface area contributed by atoms with Crippen LogP contribution in [0.2, 0.25) is 0 Å². The van der Waals surface area contributed by atoms with E-state index in [4.69, 9.17) is 4.74 Å². The van der Waals surface area contributed by atoms with Gasteiger partial charge in [0.15, 0.2) is 6.10 Å². The third-order valence-electron chi connectivity index (χ3n) is 3.81. The molecule has 116 valence electrons. The van der Waals surface area contributed by atoms with E-state index in [0.29, 0.717) is 6.42 Å². The highest BCUT2D eigenvalue weighted by molar-refractivity contribution is 5.94. The largest absolute Gasteiger partial charge is 0.480 e. The fraction of sp³-hybridized carbons (Fsp3) is 0.316. The zero-order valence-corrected chi connectivity index (χ0v) is 13.6. The number of rotatable bonds is 5. The number of nitrogens with one attached hydrogen (secondary N) is 1. The Morgan fingerprint density at radius 3 is 2.41 bits per heavy atom. The third-order valence-corrected chi connectivity index (χ3v) is 3.81. The molecule has 3 heteroatoms. The van der Waals surface area contributed by atoms with Gasteiger partial charge in [-0.3, -0.25) is 4.79 Å². The quantitative estimate of drug-likeness (QED) is 0.888. The molecule has 1 N–H and O–H groups in total. The second-order valence-corrected chi connectivity index (χ2v) is 5.57. The van der Waals surface area contributed by atoms with Gasteiger partial charge in [0.1, 0.15) is 5.75 Å². The predicted molar refractivity (Wildman–Crippen MR) is 90.4 cm³/mol. The van der Waals surface area contributed by atoms with E-state index in [1.807, 2.05) is 70.2 Å². The van der Waals surface area contributed by atoms with Crippen molar-refractivity contribution in [3.8, 4) is 5.75 Å². The molecule has 0 aliphatic rings. The van der Waals surface area contributed by atoms with Crippen LogP contribution in [0, 0.1) is 20.8 Å². The van der Waals surface area contributed by atoms with E-state index in [2.05, 4.69) is 5.32 Å². The Balaban J connectivity index is 2.09. The molecule has 3 nitrogen and oxygen atoms in total. The minimum absolute atomic E-state index is 0.118. The summed E-state index contributed by atoms with van der Waals surface area (Å²) < 4.78 is 5.92. The zero-order chi connectivity index (χ0) is 16.1. The number of ether oxygens (including phenoxy) is 1. The summed E-state index contributed by atoms with van der Waals surface area (Å²) in [6.07, 6.45) is 0.118. The second kappa shape index (κ2) is 7.12. The molecule has 0 heterocycles. The lowest BCUT2D eigenvalue weighted by atomic mass is 10.1. The molecule has 2 aromatic carbocycles. The Morgan fingerprint density at radius 2 is 1.77 bits per heavy atom. The molecular formula is C19H23NO2. The molecule has 0 unspecified atom stereocenters. The van der Waals surface area contributed by atoms with Crippen LogP contribution in [0.5, 0.6) is 5.75 Å². The van der Waals surface area contributed by atoms with Gasteiger partial charge in [-0.1, -0.05) is 36.8 Å². The molecule has 0 aromatic heterocycles. The van der Waals surface area contributed by atoms with E-state index in [1.54, 1.807) is 0 Å². The molecular weight excluding hydrogens is 274 g/mol. The lowest BCUT2D eigenvalue weighted by Crippen LogP contribution is -2.32. The first-order chi connectivity index (χ1) is 10.5. The highest BCUT2D eigenvalue weighted by atomic mass is 16.5. The van der Waals surface area contributed by atoms with Gasteiger partial charge in [0.25, 0.3) is 5.91 Å². The number of hydrogen-bond donors (Lipinski definition) is 1. The topological polar surface area (TPSA) is 38.3 Å². The van der Waals surface area contributed by atoms with Crippen molar-refractivity contribution in [3.05, 3.63) is 59.2 Å². The van der Waals surface area contributed by atoms with Crippen LogP contribution in [-0.4, -0.2) is 12.0 Å². The highest BCUT2D eigenvalue weighted by Gasteiger charge is 2.19. The van der Waals surface area contributed by atoms with Gasteiger partial charge >= 0.3 is 0 Å². The molecule has 2 aromatic rings. The summed E-state index contributed by atoms with van der Waals surface area (Å²) >= 11 is 0. The standard InChI is InChI=1S/C19H23NO2/c1-5-17(22-18-8-6-7-14(3)15(18)4)19(21)20-16-11-9-13(2)10-12-16/h6-12,17H,5H2,1-4H3,(H,20,21)/t17-/m0/s1. The molecule has 1 amide bonds. The van der Waals surface area contributed by atoms with Crippen LogP contribution < -0.4 is 10.1 Å². The average molecular weight is 297 g/mol. The van der Waals surface area contributed by atoms with E-state index in [9.17, 15) is 4.79 Å². The van der Waals surface area contributed by atoms with Gasteiger partial charge in [0.05, 0.1) is 0 Å². The summed E-state index contributed by atoms with van der Waals surface area (Å²) in [5, 5.41) is 2.91. The van der Waals surface area contributed by atoms with Crippen LogP contribution in [0.15, 0.2) is 42.5 Å². The number of benzene rings is 2. The van der Waals surface area contributed by atoms with Crippen LogP contribution in [0.3, 0.4) is 0 Å². The van der Waals surface area contributed by atoms with Crippen LogP contribution >= 0.6 is 0 Å². The van der Waals surface area contributed by atoms with Crippen molar-refractivity contribution in [2.75, 3.05) is 5.32 Å². The van der Waals surface area contributed by atoms with E-state index >= 15 is 0 Å². The summed E-state index contributed by atoms with van der Waals surface area (Å²) in [4.78, 5) is 12.4. The number of hydrogen-bond acceptors (Lipinski definition) is 2. The lowest BCUT2D eigenvalue weighted by Gasteiger charge is -2.19. The maximum atomic E-state index is 12.4. The van der Waals surface area contributed by atoms with E-state index in [-0.39, 0.29) is 5.91 Å². The minimum Gasteiger partial charge on any atom is -0.480 e. The van der Waals surface area contributed by atoms with Crippen molar-refractivity contribution in [3.63, 3.8) is 0 Å². The first-order valence-electron chi connectivity index (χ1n) is 7.61. The molecule has 2 rings (SSSR count). The first-order valence-corrected chi connectivity index (χ1v) is 7.61. The van der Waals surface area contributed by atoms with Crippen molar-refractivity contribution < 1.29 is 9.53 Å². The van der Waals surface area contributed by atoms with Crippen molar-refractivity contribution in [1.29, 1.82) is 0 Å². The van der Waals surface area contributed by atoms with Gasteiger partial charge in [-0.2, -0.15) is 0 Å². The molecule has 0 fully saturated rings. The van der Waals surface area contributed by atoms with E-state index < -0.39 is 6.10 Å². The lowest BCUT2D eigenvalue weighted by molar-refractivity contribution is -0.122. The Labute approximate surface area is 132 Å². The average Bonchev–Trinajstić information content (AvgIpc) is 2.51. The molecule has 0 saturated heterocycles. The fourth-order valence-corrected chi connectivity index (χ4v) is 2.19. The number of carbonyl (C=O) groups is 1. The Morgan fingerprint density at radius 1 is 1.09 bits per heavy atom. The smallest absolute Gasteiger partial charge is 0.265 e. The summed E-state index contributed by atoms with van der Waals surface area (Å²) in [6.45, 7) is 8.01. The van der Waals surface area contributed by atoms with Crippen molar-refractivity contribution in [2.24, 2.45) is 0 Å². The molecule has 0 aliphatic heterocycles. The van der Waals surface area contributed by atoms with Crippen molar-refractivity contribution in [1.82, 2.24) is 0 Å². The normalized spacial score (nSPS) is 11.8. The number of amides is 1. The number of carbonyl (C=O) groups excluding carboxylic acids is 1. The summed E-state index contributed by atoms with van der Waals surface area (Å²) in [7, 11) is 0. The fourth-order valence-electron chi connectivity index (χ4n) is 2.19. The van der Waals surface area contributed by atoms with E-state index in [0.717, 1.165) is 28.1 Å². The van der Waals surface area contributed by atoms with Crippen molar-refractivity contribution in [2.45, 2.75) is 40.2 Å². The van der Waals surface area contributed by atoms with Crippen LogP contribution in [0.25, 0.3) is 0 Å². The van der Waals surface area contributed by atoms with Crippen LogP contribution in [-0.2, 0) is 4.79 Å². The van der Waals surface area contributed by atoms with Crippen LogP contribution in [0.1, 0.15) is 30.0 Å². The molecule has 22 heavy (non-hydrogen) atoms. The monoisotopic (exact) mass is 297 g/mol. The molecule has 0 aliphatic carbocycles.